The molecule has 0 aliphatic rings. The Kier molecular flexibility index (Phi) is 6.43. The molecule has 0 heterocycles. The average Bonchev–Trinajstić information content (AvgIpc) is 2.50. The van der Waals surface area contributed by atoms with Crippen LogP contribution in [0.4, 0.5) is 0 Å². The summed E-state index contributed by atoms with van der Waals surface area (Å²) in [4.78, 5) is 3.93. The van der Waals surface area contributed by atoms with Crippen LogP contribution in [0.15, 0.2) is 47.5 Å². The number of fused-ring (bicyclic) bond motifs is 1. The molecule has 0 aliphatic heterocycles. The van der Waals surface area contributed by atoms with Crippen LogP contribution in [0.2, 0.25) is 0 Å². The first kappa shape index (κ1) is 14.9. The molecule has 1 nitrogen and oxygen atoms in total. The predicted molar refractivity (Wildman–Crippen MR) is 90.6 cm³/mol. The highest BCUT2D eigenvalue weighted by atomic mass is 32.1. The van der Waals surface area contributed by atoms with Crippen LogP contribution in [0, 0.1) is 0 Å². The van der Waals surface area contributed by atoms with Crippen molar-refractivity contribution in [2.24, 2.45) is 4.99 Å². The Morgan fingerprint density at radius 1 is 0.850 bits per heavy atom. The van der Waals surface area contributed by atoms with Gasteiger partial charge in [-0.3, -0.25) is 0 Å². The molecule has 0 unspecified atom stereocenters. The molecule has 2 aromatic rings. The van der Waals surface area contributed by atoms with Crippen LogP contribution in [0.3, 0.4) is 0 Å². The van der Waals surface area contributed by atoms with E-state index >= 15 is 0 Å². The molecule has 20 heavy (non-hydrogen) atoms. The van der Waals surface area contributed by atoms with E-state index in [2.05, 4.69) is 64.8 Å². The maximum absolute atomic E-state index is 4.54. The Labute approximate surface area is 126 Å². The fourth-order valence-corrected chi connectivity index (χ4v) is 2.58. The highest BCUT2D eigenvalue weighted by Gasteiger charge is 1.97. The van der Waals surface area contributed by atoms with E-state index < -0.39 is 0 Å². The number of thiocarbonyl (C=S) groups is 1. The number of rotatable bonds is 8. The number of isothiocyanates is 1. The second kappa shape index (κ2) is 8.63. The van der Waals surface area contributed by atoms with Gasteiger partial charge in [0.2, 0.25) is 0 Å². The lowest BCUT2D eigenvalue weighted by molar-refractivity contribution is 0.619. The number of unbranched alkanes of at least 4 members (excludes halogenated alkanes) is 4. The van der Waals surface area contributed by atoms with E-state index in [0.29, 0.717) is 0 Å². The summed E-state index contributed by atoms with van der Waals surface area (Å²) < 4.78 is 0. The summed E-state index contributed by atoms with van der Waals surface area (Å²) in [6.45, 7) is 0.841. The van der Waals surface area contributed by atoms with Crippen LogP contribution in [0.5, 0.6) is 0 Å². The zero-order chi connectivity index (χ0) is 14.0. The van der Waals surface area contributed by atoms with Crippen molar-refractivity contribution < 1.29 is 0 Å². The number of nitrogens with zero attached hydrogens (tertiary/aromatic N) is 1. The van der Waals surface area contributed by atoms with E-state index in [-0.39, 0.29) is 0 Å². The van der Waals surface area contributed by atoms with Gasteiger partial charge in [-0.1, -0.05) is 61.7 Å². The number of hydrogen-bond acceptors (Lipinski definition) is 2. The third-order valence-electron chi connectivity index (χ3n) is 3.61. The Balaban J connectivity index is 1.69. The van der Waals surface area contributed by atoms with E-state index in [1.165, 1.54) is 48.4 Å². The van der Waals surface area contributed by atoms with Gasteiger partial charge in [0.05, 0.1) is 5.16 Å². The summed E-state index contributed by atoms with van der Waals surface area (Å²) in [5, 5.41) is 5.09. The minimum Gasteiger partial charge on any atom is -0.233 e. The lowest BCUT2D eigenvalue weighted by Crippen LogP contribution is -1.87. The highest BCUT2D eigenvalue weighted by Crippen LogP contribution is 2.17. The van der Waals surface area contributed by atoms with E-state index in [9.17, 15) is 0 Å². The molecule has 0 atom stereocenters. The summed E-state index contributed by atoms with van der Waals surface area (Å²) in [6.07, 6.45) is 7.43. The summed E-state index contributed by atoms with van der Waals surface area (Å²) >= 11 is 4.54. The fourth-order valence-electron chi connectivity index (χ4n) is 2.49. The number of aliphatic imine (C=N–C) groups is 1. The van der Waals surface area contributed by atoms with Gasteiger partial charge in [0.25, 0.3) is 0 Å². The molecule has 0 spiro atoms. The molecule has 0 amide bonds. The van der Waals surface area contributed by atoms with E-state index in [1.807, 2.05) is 0 Å². The van der Waals surface area contributed by atoms with Crippen molar-refractivity contribution in [1.29, 1.82) is 0 Å². The first-order chi connectivity index (χ1) is 9.90. The molecule has 104 valence electrons. The molecule has 0 saturated carbocycles. The molecule has 0 N–H and O–H groups in total. The molecule has 2 heteroatoms. The van der Waals surface area contributed by atoms with Gasteiger partial charge in [0.15, 0.2) is 0 Å². The summed E-state index contributed by atoms with van der Waals surface area (Å²) in [7, 11) is 0. The smallest absolute Gasteiger partial charge is 0.0584 e. The van der Waals surface area contributed by atoms with Crippen LogP contribution < -0.4 is 0 Å². The zero-order valence-electron chi connectivity index (χ0n) is 11.8. The minimum absolute atomic E-state index is 0.841. The van der Waals surface area contributed by atoms with Gasteiger partial charge in [0.1, 0.15) is 0 Å². The second-order valence-corrected chi connectivity index (χ2v) is 5.35. The van der Waals surface area contributed by atoms with Gasteiger partial charge >= 0.3 is 0 Å². The quantitative estimate of drug-likeness (QED) is 0.357. The summed E-state index contributed by atoms with van der Waals surface area (Å²) in [6, 6.07) is 15.4. The van der Waals surface area contributed by atoms with Gasteiger partial charge in [-0.25, -0.2) is 4.99 Å². The number of benzene rings is 2. The monoisotopic (exact) mass is 283 g/mol. The van der Waals surface area contributed by atoms with Crippen LogP contribution in [0.25, 0.3) is 10.8 Å². The van der Waals surface area contributed by atoms with Gasteiger partial charge in [-0.05, 0) is 47.8 Å². The standard InChI is InChI=1S/C18H21NS/c20-15-19-13-7-3-1-2-4-8-16-11-12-17-9-5-6-10-18(17)14-16/h5-6,9-12,14H,1-4,7-8,13H2. The maximum atomic E-state index is 4.54. The third kappa shape index (κ3) is 4.88. The minimum atomic E-state index is 0.841. The molecule has 2 aromatic carbocycles. The van der Waals surface area contributed by atoms with Crippen molar-refractivity contribution in [3.05, 3.63) is 48.0 Å². The van der Waals surface area contributed by atoms with Crippen molar-refractivity contribution in [2.45, 2.75) is 38.5 Å². The Hall–Kier alpha value is -1.50. The maximum Gasteiger partial charge on any atom is 0.0584 e. The molecular formula is C18H21NS. The normalized spacial score (nSPS) is 10.4. The van der Waals surface area contributed by atoms with Crippen molar-refractivity contribution in [1.82, 2.24) is 0 Å². The van der Waals surface area contributed by atoms with Crippen LogP contribution in [0.1, 0.15) is 37.7 Å². The number of aryl methyl sites for hydroxylation is 1. The van der Waals surface area contributed by atoms with E-state index in [1.54, 1.807) is 0 Å². The number of hydrogen-bond donors (Lipinski definition) is 0. The average molecular weight is 283 g/mol. The highest BCUT2D eigenvalue weighted by molar-refractivity contribution is 7.78. The first-order valence-electron chi connectivity index (χ1n) is 7.41. The molecule has 0 fully saturated rings. The topological polar surface area (TPSA) is 12.4 Å². The van der Waals surface area contributed by atoms with Gasteiger partial charge < -0.3 is 0 Å². The molecule has 0 bridgehead atoms. The van der Waals surface area contributed by atoms with Crippen LogP contribution in [-0.4, -0.2) is 11.7 Å². The third-order valence-corrected chi connectivity index (χ3v) is 3.74. The molecule has 0 aliphatic carbocycles. The van der Waals surface area contributed by atoms with Gasteiger partial charge in [-0.2, -0.15) is 0 Å². The molecule has 0 radical (unpaired) electrons. The lowest BCUT2D eigenvalue weighted by Gasteiger charge is -2.04. The van der Waals surface area contributed by atoms with Crippen molar-refractivity contribution >= 4 is 28.2 Å². The second-order valence-electron chi connectivity index (χ2n) is 5.17. The fraction of sp³-hybridized carbons (Fsp3) is 0.389. The largest absolute Gasteiger partial charge is 0.233 e. The lowest BCUT2D eigenvalue weighted by atomic mass is 10.0. The van der Waals surface area contributed by atoms with Gasteiger partial charge in [0, 0.05) is 6.54 Å². The van der Waals surface area contributed by atoms with E-state index in [4.69, 9.17) is 0 Å². The van der Waals surface area contributed by atoms with Crippen molar-refractivity contribution in [3.63, 3.8) is 0 Å². The first-order valence-corrected chi connectivity index (χ1v) is 7.82. The molecule has 0 saturated heterocycles. The molecule has 0 aromatic heterocycles. The van der Waals surface area contributed by atoms with Crippen molar-refractivity contribution in [2.75, 3.05) is 6.54 Å². The van der Waals surface area contributed by atoms with Crippen molar-refractivity contribution in [3.8, 4) is 0 Å². The Morgan fingerprint density at radius 2 is 1.60 bits per heavy atom. The zero-order valence-corrected chi connectivity index (χ0v) is 12.7. The summed E-state index contributed by atoms with van der Waals surface area (Å²) in [5.41, 5.74) is 1.45. The summed E-state index contributed by atoms with van der Waals surface area (Å²) in [5.74, 6) is 0. The predicted octanol–water partition coefficient (Wildman–Crippen LogP) is 5.44. The SMILES string of the molecule is S=C=NCCCCCCCc1ccc2ccccc2c1. The Bertz CT molecular complexity index is 585. The van der Waals surface area contributed by atoms with Crippen LogP contribution >= 0.6 is 12.2 Å². The molecule has 2 rings (SSSR count). The Morgan fingerprint density at radius 3 is 2.45 bits per heavy atom. The van der Waals surface area contributed by atoms with E-state index in [0.717, 1.165) is 13.0 Å². The van der Waals surface area contributed by atoms with Gasteiger partial charge in [-0.15, -0.1) is 0 Å². The van der Waals surface area contributed by atoms with Crippen LogP contribution in [-0.2, 0) is 6.42 Å². The molecular weight excluding hydrogens is 262 g/mol.